The molecule has 0 radical (unpaired) electrons. The lowest BCUT2D eigenvalue weighted by atomic mass is 10.2. The van der Waals surface area contributed by atoms with E-state index in [2.05, 4.69) is 10.5 Å². The Bertz CT molecular complexity index is 988. The molecule has 2 aromatic carbocycles. The van der Waals surface area contributed by atoms with Crippen LogP contribution in [0.3, 0.4) is 0 Å². The van der Waals surface area contributed by atoms with Crippen molar-refractivity contribution >= 4 is 17.2 Å². The second-order valence-corrected chi connectivity index (χ2v) is 6.42. The summed E-state index contributed by atoms with van der Waals surface area (Å²) in [7, 11) is 0. The predicted octanol–water partition coefficient (Wildman–Crippen LogP) is 2.81. The Kier molecular flexibility index (Phi) is 4.58. The number of benzene rings is 2. The third kappa shape index (κ3) is 3.56. The largest absolute Gasteiger partial charge is 0.508 e. The number of nitrogens with zero attached hydrogens (tertiary/aromatic N) is 2. The van der Waals surface area contributed by atoms with E-state index in [1.165, 1.54) is 29.5 Å². The van der Waals surface area contributed by atoms with Crippen LogP contribution >= 0.6 is 11.3 Å². The number of hydrogen-bond donors (Lipinski definition) is 3. The van der Waals surface area contributed by atoms with Gasteiger partial charge in [0, 0.05) is 16.8 Å². The second-order valence-electron chi connectivity index (χ2n) is 5.58. The van der Waals surface area contributed by atoms with Gasteiger partial charge in [-0.15, -0.1) is 16.4 Å². The van der Waals surface area contributed by atoms with Gasteiger partial charge in [-0.05, 0) is 44.2 Å². The Morgan fingerprint density at radius 3 is 2.56 bits per heavy atom. The number of hydrogen-bond acceptors (Lipinski definition) is 5. The van der Waals surface area contributed by atoms with Crippen LogP contribution < -0.4 is 10.2 Å². The molecule has 0 spiro atoms. The molecule has 25 heavy (non-hydrogen) atoms. The maximum Gasteiger partial charge on any atom is 0.275 e. The van der Waals surface area contributed by atoms with Gasteiger partial charge in [0.1, 0.15) is 11.5 Å². The Morgan fingerprint density at radius 2 is 1.84 bits per heavy atom. The number of phenolic OH excluding ortho intramolecular Hbond substituents is 2. The van der Waals surface area contributed by atoms with Gasteiger partial charge in [-0.2, -0.15) is 0 Å². The molecule has 1 aromatic heterocycles. The van der Waals surface area contributed by atoms with Crippen LogP contribution in [0.4, 0.5) is 0 Å². The standard InChI is InChI=1S/C18H17N3O3S/c1-11-3-5-13(6-4-11)21-12(2)10-25-18(21)20-19-17(24)15-9-14(22)7-8-16(15)23/h3-10,22-23H,1-2H3,(H,19,24)/b20-18+. The van der Waals surface area contributed by atoms with E-state index in [4.69, 9.17) is 0 Å². The maximum absolute atomic E-state index is 12.2. The van der Waals surface area contributed by atoms with E-state index < -0.39 is 5.91 Å². The molecular formula is C18H17N3O3S. The number of nitrogens with one attached hydrogen (secondary N) is 1. The molecule has 128 valence electrons. The van der Waals surface area contributed by atoms with Crippen molar-refractivity contribution in [3.05, 3.63) is 69.5 Å². The summed E-state index contributed by atoms with van der Waals surface area (Å²) in [5.74, 6) is -0.932. The molecule has 6 nitrogen and oxygen atoms in total. The van der Waals surface area contributed by atoms with Gasteiger partial charge in [-0.25, -0.2) is 5.43 Å². The molecule has 3 N–H and O–H groups in total. The molecule has 0 unspecified atom stereocenters. The fourth-order valence-corrected chi connectivity index (χ4v) is 3.18. The lowest BCUT2D eigenvalue weighted by Gasteiger charge is -2.07. The summed E-state index contributed by atoms with van der Waals surface area (Å²) >= 11 is 1.39. The van der Waals surface area contributed by atoms with Crippen molar-refractivity contribution in [1.29, 1.82) is 0 Å². The molecule has 7 heteroatoms. The van der Waals surface area contributed by atoms with E-state index in [9.17, 15) is 15.0 Å². The van der Waals surface area contributed by atoms with Crippen molar-refractivity contribution in [2.24, 2.45) is 5.10 Å². The summed E-state index contributed by atoms with van der Waals surface area (Å²) in [4.78, 5) is 12.8. The van der Waals surface area contributed by atoms with Crippen molar-refractivity contribution in [3.63, 3.8) is 0 Å². The van der Waals surface area contributed by atoms with Crippen LogP contribution in [0.1, 0.15) is 21.6 Å². The summed E-state index contributed by atoms with van der Waals surface area (Å²) in [5.41, 5.74) is 5.47. The quantitative estimate of drug-likeness (QED) is 0.499. The highest BCUT2D eigenvalue weighted by Crippen LogP contribution is 2.21. The van der Waals surface area contributed by atoms with Gasteiger partial charge in [-0.1, -0.05) is 17.7 Å². The number of phenols is 2. The number of carbonyl (C=O) groups excluding carboxylic acids is 1. The summed E-state index contributed by atoms with van der Waals surface area (Å²) in [5, 5.41) is 25.3. The van der Waals surface area contributed by atoms with Crippen LogP contribution in [0.25, 0.3) is 5.69 Å². The van der Waals surface area contributed by atoms with Gasteiger partial charge in [0.25, 0.3) is 5.91 Å². The molecule has 0 saturated carbocycles. The van der Waals surface area contributed by atoms with Crippen LogP contribution in [-0.4, -0.2) is 20.7 Å². The first-order chi connectivity index (χ1) is 12.0. The average molecular weight is 355 g/mol. The van der Waals surface area contributed by atoms with Gasteiger partial charge in [0.2, 0.25) is 4.80 Å². The van der Waals surface area contributed by atoms with E-state index in [1.54, 1.807) is 0 Å². The summed E-state index contributed by atoms with van der Waals surface area (Å²) in [6.07, 6.45) is 0. The first kappa shape index (κ1) is 16.8. The van der Waals surface area contributed by atoms with Gasteiger partial charge in [-0.3, -0.25) is 9.36 Å². The summed E-state index contributed by atoms with van der Waals surface area (Å²) in [6, 6.07) is 11.7. The van der Waals surface area contributed by atoms with E-state index >= 15 is 0 Å². The normalized spacial score (nSPS) is 11.5. The van der Waals surface area contributed by atoms with Gasteiger partial charge < -0.3 is 10.2 Å². The number of rotatable bonds is 3. The van der Waals surface area contributed by atoms with Crippen molar-refractivity contribution < 1.29 is 15.0 Å². The molecular weight excluding hydrogens is 338 g/mol. The number of aromatic hydroxyl groups is 2. The third-order valence-electron chi connectivity index (χ3n) is 3.65. The van der Waals surface area contributed by atoms with Gasteiger partial charge >= 0.3 is 0 Å². The van der Waals surface area contributed by atoms with E-state index in [0.717, 1.165) is 16.9 Å². The lowest BCUT2D eigenvalue weighted by molar-refractivity contribution is 0.0950. The van der Waals surface area contributed by atoms with Crippen molar-refractivity contribution in [2.45, 2.75) is 13.8 Å². The minimum absolute atomic E-state index is 0.0427. The minimum atomic E-state index is -0.602. The zero-order valence-electron chi connectivity index (χ0n) is 13.7. The summed E-state index contributed by atoms with van der Waals surface area (Å²) in [6.45, 7) is 3.97. The number of amides is 1. The predicted molar refractivity (Wildman–Crippen MR) is 95.9 cm³/mol. The number of aryl methyl sites for hydroxylation is 2. The monoisotopic (exact) mass is 355 g/mol. The third-order valence-corrected chi connectivity index (χ3v) is 4.59. The first-order valence-corrected chi connectivity index (χ1v) is 8.44. The van der Waals surface area contributed by atoms with Crippen LogP contribution in [0.5, 0.6) is 11.5 Å². The number of carbonyl (C=O) groups is 1. The van der Waals surface area contributed by atoms with Gasteiger partial charge in [0.05, 0.1) is 5.56 Å². The molecule has 1 amide bonds. The second kappa shape index (κ2) is 6.82. The number of aromatic nitrogens is 1. The molecule has 0 aliphatic carbocycles. The van der Waals surface area contributed by atoms with Crippen molar-refractivity contribution in [2.75, 3.05) is 0 Å². The van der Waals surface area contributed by atoms with Crippen LogP contribution in [0.2, 0.25) is 0 Å². The van der Waals surface area contributed by atoms with E-state index in [0.29, 0.717) is 4.80 Å². The minimum Gasteiger partial charge on any atom is -0.508 e. The SMILES string of the molecule is Cc1ccc(-n2c(C)cs/c2=N/NC(=O)c2cc(O)ccc2O)cc1. The van der Waals surface area contributed by atoms with E-state index in [-0.39, 0.29) is 17.1 Å². The van der Waals surface area contributed by atoms with Crippen LogP contribution in [0, 0.1) is 13.8 Å². The van der Waals surface area contributed by atoms with Crippen LogP contribution in [0.15, 0.2) is 52.9 Å². The Morgan fingerprint density at radius 1 is 1.12 bits per heavy atom. The molecule has 3 aromatic rings. The Hall–Kier alpha value is -3.06. The molecule has 3 rings (SSSR count). The first-order valence-electron chi connectivity index (χ1n) is 7.56. The molecule has 0 saturated heterocycles. The zero-order chi connectivity index (χ0) is 18.0. The molecule has 0 atom stereocenters. The van der Waals surface area contributed by atoms with Crippen molar-refractivity contribution in [3.8, 4) is 17.2 Å². The highest BCUT2D eigenvalue weighted by atomic mass is 32.1. The van der Waals surface area contributed by atoms with Crippen molar-refractivity contribution in [1.82, 2.24) is 9.99 Å². The highest BCUT2D eigenvalue weighted by Gasteiger charge is 2.12. The average Bonchev–Trinajstić information content (AvgIpc) is 2.96. The van der Waals surface area contributed by atoms with Gasteiger partial charge in [0.15, 0.2) is 0 Å². The highest BCUT2D eigenvalue weighted by molar-refractivity contribution is 7.07. The smallest absolute Gasteiger partial charge is 0.275 e. The molecule has 0 aliphatic heterocycles. The fourth-order valence-electron chi connectivity index (χ4n) is 2.34. The maximum atomic E-state index is 12.2. The molecule has 0 aliphatic rings. The molecule has 0 bridgehead atoms. The lowest BCUT2D eigenvalue weighted by Crippen LogP contribution is -2.24. The zero-order valence-corrected chi connectivity index (χ0v) is 14.5. The molecule has 1 heterocycles. The van der Waals surface area contributed by atoms with E-state index in [1.807, 2.05) is 48.1 Å². The Labute approximate surface area is 148 Å². The summed E-state index contributed by atoms with van der Waals surface area (Å²) < 4.78 is 1.92. The number of thiazole rings is 1. The molecule has 0 fully saturated rings. The Balaban J connectivity index is 1.94. The topological polar surface area (TPSA) is 86.9 Å². The van der Waals surface area contributed by atoms with Crippen LogP contribution in [-0.2, 0) is 0 Å². The fraction of sp³-hybridized carbons (Fsp3) is 0.111.